The Labute approximate surface area is 173 Å². The molecule has 1 aliphatic rings. The second-order valence-corrected chi connectivity index (χ2v) is 7.23. The smallest absolute Gasteiger partial charge is 0.321 e. The molecule has 2 aromatic rings. The molecule has 0 radical (unpaired) electrons. The number of anilines is 3. The lowest BCUT2D eigenvalue weighted by Gasteiger charge is -2.36. The molecule has 0 bridgehead atoms. The molecule has 0 unspecified atom stereocenters. The minimum Gasteiger partial charge on any atom is -0.372 e. The van der Waals surface area contributed by atoms with Crippen LogP contribution in [0.5, 0.6) is 0 Å². The van der Waals surface area contributed by atoms with Crippen molar-refractivity contribution >= 4 is 28.9 Å². The van der Waals surface area contributed by atoms with Gasteiger partial charge in [-0.3, -0.25) is 4.79 Å². The van der Waals surface area contributed by atoms with E-state index in [-0.39, 0.29) is 11.8 Å². The Kier molecular flexibility index (Phi) is 6.75. The molecule has 1 N–H and O–H groups in total. The molecule has 6 nitrogen and oxygen atoms in total. The lowest BCUT2D eigenvalue weighted by atomic mass is 10.1. The summed E-state index contributed by atoms with van der Waals surface area (Å²) in [5.41, 5.74) is 3.78. The summed E-state index contributed by atoms with van der Waals surface area (Å²) in [5, 5.41) is 2.92. The van der Waals surface area contributed by atoms with Crippen LogP contribution in [0.3, 0.4) is 0 Å². The minimum absolute atomic E-state index is 0.0177. The van der Waals surface area contributed by atoms with Crippen LogP contribution >= 0.6 is 0 Å². The molecule has 1 fully saturated rings. The summed E-state index contributed by atoms with van der Waals surface area (Å²) < 4.78 is 0. The van der Waals surface area contributed by atoms with Crippen molar-refractivity contribution in [1.29, 1.82) is 0 Å². The number of rotatable bonds is 6. The van der Waals surface area contributed by atoms with E-state index in [2.05, 4.69) is 53.2 Å². The predicted octanol–water partition coefficient (Wildman–Crippen LogP) is 4.09. The highest BCUT2D eigenvalue weighted by atomic mass is 16.2. The molecule has 0 spiro atoms. The van der Waals surface area contributed by atoms with Crippen LogP contribution in [0, 0.1) is 0 Å². The van der Waals surface area contributed by atoms with Crippen LogP contribution in [-0.4, -0.2) is 56.0 Å². The SMILES string of the molecule is CCN(CC)c1ccc(N2CCN(C(=O)Nc3ccc(C(C)=O)cc3)CC2)cc1. The molecule has 0 aromatic heterocycles. The van der Waals surface area contributed by atoms with Crippen molar-refractivity contribution < 1.29 is 9.59 Å². The Morgan fingerprint density at radius 1 is 0.897 bits per heavy atom. The normalized spacial score (nSPS) is 13.9. The maximum atomic E-state index is 12.5. The zero-order valence-corrected chi connectivity index (χ0v) is 17.5. The standard InChI is InChI=1S/C23H30N4O2/c1-4-25(5-2)21-10-12-22(13-11-21)26-14-16-27(17-15-26)23(29)24-20-8-6-19(7-9-20)18(3)28/h6-13H,4-5,14-17H2,1-3H3,(H,24,29). The molecule has 1 saturated heterocycles. The number of nitrogens with zero attached hydrogens (tertiary/aromatic N) is 3. The summed E-state index contributed by atoms with van der Waals surface area (Å²) in [5.74, 6) is 0.0177. The van der Waals surface area contributed by atoms with E-state index >= 15 is 0 Å². The zero-order chi connectivity index (χ0) is 20.8. The number of urea groups is 1. The lowest BCUT2D eigenvalue weighted by molar-refractivity contribution is 0.101. The first-order chi connectivity index (χ1) is 14.0. The van der Waals surface area contributed by atoms with Gasteiger partial charge in [0, 0.05) is 61.9 Å². The summed E-state index contributed by atoms with van der Waals surface area (Å²) >= 11 is 0. The minimum atomic E-state index is -0.0999. The fraction of sp³-hybridized carbons (Fsp3) is 0.391. The van der Waals surface area contributed by atoms with E-state index in [4.69, 9.17) is 0 Å². The summed E-state index contributed by atoms with van der Waals surface area (Å²) in [4.78, 5) is 30.4. The molecule has 154 valence electrons. The van der Waals surface area contributed by atoms with E-state index in [1.807, 2.05) is 4.90 Å². The van der Waals surface area contributed by atoms with E-state index in [9.17, 15) is 9.59 Å². The van der Waals surface area contributed by atoms with Crippen molar-refractivity contribution in [3.63, 3.8) is 0 Å². The molecule has 3 rings (SSSR count). The van der Waals surface area contributed by atoms with Crippen LogP contribution in [0.2, 0.25) is 0 Å². The topological polar surface area (TPSA) is 55.9 Å². The fourth-order valence-corrected chi connectivity index (χ4v) is 3.62. The van der Waals surface area contributed by atoms with Gasteiger partial charge in [-0.15, -0.1) is 0 Å². The van der Waals surface area contributed by atoms with Crippen LogP contribution in [0.1, 0.15) is 31.1 Å². The number of benzene rings is 2. The lowest BCUT2D eigenvalue weighted by Crippen LogP contribution is -2.50. The Morgan fingerprint density at radius 2 is 1.48 bits per heavy atom. The molecular formula is C23H30N4O2. The first-order valence-electron chi connectivity index (χ1n) is 10.3. The Hall–Kier alpha value is -3.02. The van der Waals surface area contributed by atoms with E-state index in [0.29, 0.717) is 24.3 Å². The third-order valence-electron chi connectivity index (χ3n) is 5.45. The summed E-state index contributed by atoms with van der Waals surface area (Å²) in [6, 6.07) is 15.6. The highest BCUT2D eigenvalue weighted by molar-refractivity contribution is 5.95. The number of ketones is 1. The van der Waals surface area contributed by atoms with Crippen LogP contribution in [0.4, 0.5) is 21.9 Å². The van der Waals surface area contributed by atoms with Crippen LogP contribution < -0.4 is 15.1 Å². The number of amides is 2. The number of Topliss-reactive ketones (excluding diaryl/α,β-unsaturated/α-hetero) is 1. The number of nitrogens with one attached hydrogen (secondary N) is 1. The van der Waals surface area contributed by atoms with Crippen LogP contribution in [0.15, 0.2) is 48.5 Å². The molecule has 1 aliphatic heterocycles. The molecular weight excluding hydrogens is 364 g/mol. The van der Waals surface area contributed by atoms with E-state index in [1.54, 1.807) is 24.3 Å². The van der Waals surface area contributed by atoms with E-state index < -0.39 is 0 Å². The average Bonchev–Trinajstić information content (AvgIpc) is 2.75. The van der Waals surface area contributed by atoms with Gasteiger partial charge in [-0.05, 0) is 69.3 Å². The third kappa shape index (κ3) is 5.08. The van der Waals surface area contributed by atoms with Gasteiger partial charge in [-0.25, -0.2) is 4.79 Å². The second kappa shape index (κ2) is 9.45. The van der Waals surface area contributed by atoms with Crippen LogP contribution in [0.25, 0.3) is 0 Å². The molecule has 29 heavy (non-hydrogen) atoms. The summed E-state index contributed by atoms with van der Waals surface area (Å²) in [6.45, 7) is 10.8. The molecule has 0 saturated carbocycles. The maximum absolute atomic E-state index is 12.5. The van der Waals surface area contributed by atoms with Gasteiger partial charge in [0.15, 0.2) is 5.78 Å². The average molecular weight is 395 g/mol. The van der Waals surface area contributed by atoms with Gasteiger partial charge in [-0.2, -0.15) is 0 Å². The van der Waals surface area contributed by atoms with Crippen molar-refractivity contribution in [2.75, 3.05) is 54.4 Å². The number of piperazine rings is 1. The van der Waals surface area contributed by atoms with Gasteiger partial charge in [0.2, 0.25) is 0 Å². The van der Waals surface area contributed by atoms with Crippen molar-refractivity contribution in [3.8, 4) is 0 Å². The van der Waals surface area contributed by atoms with E-state index in [0.717, 1.165) is 26.2 Å². The van der Waals surface area contributed by atoms with Gasteiger partial charge in [0.1, 0.15) is 0 Å². The highest BCUT2D eigenvalue weighted by Crippen LogP contribution is 2.22. The second-order valence-electron chi connectivity index (χ2n) is 7.23. The largest absolute Gasteiger partial charge is 0.372 e. The maximum Gasteiger partial charge on any atom is 0.321 e. The predicted molar refractivity (Wildman–Crippen MR) is 119 cm³/mol. The van der Waals surface area contributed by atoms with Gasteiger partial charge in [0.05, 0.1) is 0 Å². The number of carbonyl (C=O) groups is 2. The van der Waals surface area contributed by atoms with Gasteiger partial charge in [-0.1, -0.05) is 0 Å². The van der Waals surface area contributed by atoms with Crippen LogP contribution in [-0.2, 0) is 0 Å². The first kappa shape index (κ1) is 20.7. The molecule has 2 amide bonds. The Morgan fingerprint density at radius 3 is 2.00 bits per heavy atom. The van der Waals surface area contributed by atoms with Crippen molar-refractivity contribution in [2.24, 2.45) is 0 Å². The Bertz CT molecular complexity index is 821. The summed E-state index contributed by atoms with van der Waals surface area (Å²) in [7, 11) is 0. The Balaban J connectivity index is 1.53. The molecule has 1 heterocycles. The molecule has 0 atom stereocenters. The molecule has 0 aliphatic carbocycles. The molecule has 6 heteroatoms. The zero-order valence-electron chi connectivity index (χ0n) is 17.5. The van der Waals surface area contributed by atoms with Crippen molar-refractivity contribution in [2.45, 2.75) is 20.8 Å². The quantitative estimate of drug-likeness (QED) is 0.750. The fourth-order valence-electron chi connectivity index (χ4n) is 3.62. The number of carbonyl (C=O) groups excluding carboxylic acids is 2. The van der Waals surface area contributed by atoms with Gasteiger partial charge >= 0.3 is 6.03 Å². The summed E-state index contributed by atoms with van der Waals surface area (Å²) in [6.07, 6.45) is 0. The van der Waals surface area contributed by atoms with E-state index in [1.165, 1.54) is 18.3 Å². The third-order valence-corrected chi connectivity index (χ3v) is 5.45. The monoisotopic (exact) mass is 394 g/mol. The number of hydrogen-bond donors (Lipinski definition) is 1. The van der Waals surface area contributed by atoms with Gasteiger partial charge < -0.3 is 20.0 Å². The number of hydrogen-bond acceptors (Lipinski definition) is 4. The first-order valence-corrected chi connectivity index (χ1v) is 10.3. The molecule has 2 aromatic carbocycles. The van der Waals surface area contributed by atoms with Crippen molar-refractivity contribution in [3.05, 3.63) is 54.1 Å². The van der Waals surface area contributed by atoms with Crippen molar-refractivity contribution in [1.82, 2.24) is 4.90 Å². The van der Waals surface area contributed by atoms with Gasteiger partial charge in [0.25, 0.3) is 0 Å². The highest BCUT2D eigenvalue weighted by Gasteiger charge is 2.21.